The van der Waals surface area contributed by atoms with Crippen molar-refractivity contribution in [3.63, 3.8) is 0 Å². The summed E-state index contributed by atoms with van der Waals surface area (Å²) in [7, 11) is 0. The number of nitrogens with one attached hydrogen (secondary N) is 1. The SMILES string of the molecule is CC.CCSC(=O)N1CCC(=C2c3cc(N)c(Cl)cc3CCC3=CC(Br)=CNC32)CC1. The van der Waals surface area contributed by atoms with E-state index in [2.05, 4.69) is 27.3 Å². The average molecular weight is 525 g/mol. The van der Waals surface area contributed by atoms with Crippen molar-refractivity contribution in [3.8, 4) is 0 Å². The van der Waals surface area contributed by atoms with Gasteiger partial charge in [0.25, 0.3) is 5.24 Å². The van der Waals surface area contributed by atoms with E-state index in [0.29, 0.717) is 10.7 Å². The highest BCUT2D eigenvalue weighted by Crippen LogP contribution is 2.42. The number of aryl methyl sites for hydroxylation is 1. The van der Waals surface area contributed by atoms with Gasteiger partial charge in [0, 0.05) is 23.8 Å². The minimum absolute atomic E-state index is 0.139. The quantitative estimate of drug-likeness (QED) is 0.399. The molecule has 3 aliphatic rings. The van der Waals surface area contributed by atoms with E-state index in [1.165, 1.54) is 39.6 Å². The zero-order valence-electron chi connectivity index (χ0n) is 18.4. The molecule has 2 heterocycles. The first-order valence-electron chi connectivity index (χ1n) is 11.0. The van der Waals surface area contributed by atoms with Crippen LogP contribution < -0.4 is 11.1 Å². The molecule has 0 saturated carbocycles. The Morgan fingerprint density at radius 3 is 2.65 bits per heavy atom. The van der Waals surface area contributed by atoms with Gasteiger partial charge in [-0.15, -0.1) is 0 Å². The van der Waals surface area contributed by atoms with Crippen molar-refractivity contribution < 1.29 is 4.79 Å². The van der Waals surface area contributed by atoms with E-state index < -0.39 is 0 Å². The maximum absolute atomic E-state index is 12.3. The van der Waals surface area contributed by atoms with E-state index in [1.807, 2.05) is 44.0 Å². The predicted octanol–water partition coefficient (Wildman–Crippen LogP) is 6.75. The van der Waals surface area contributed by atoms with Crippen LogP contribution in [0.5, 0.6) is 0 Å². The van der Waals surface area contributed by atoms with Crippen LogP contribution >= 0.6 is 39.3 Å². The van der Waals surface area contributed by atoms with Crippen LogP contribution in [-0.2, 0) is 6.42 Å². The molecule has 0 radical (unpaired) electrons. The van der Waals surface area contributed by atoms with Crippen molar-refractivity contribution in [2.45, 2.75) is 52.5 Å². The summed E-state index contributed by atoms with van der Waals surface area (Å²) in [4.78, 5) is 14.3. The summed E-state index contributed by atoms with van der Waals surface area (Å²) in [5, 5.41) is 4.41. The molecule has 1 atom stereocenters. The highest BCUT2D eigenvalue weighted by atomic mass is 79.9. The van der Waals surface area contributed by atoms with Crippen LogP contribution in [0.1, 0.15) is 51.2 Å². The number of thioether (sulfide) groups is 1. The number of dihydropyridines is 1. The number of hydrogen-bond donors (Lipinski definition) is 2. The van der Waals surface area contributed by atoms with E-state index in [1.54, 1.807) is 0 Å². The Kier molecular flexibility index (Phi) is 8.59. The molecule has 0 spiro atoms. The second-order valence-electron chi connectivity index (χ2n) is 7.58. The van der Waals surface area contributed by atoms with E-state index in [9.17, 15) is 4.79 Å². The molecule has 1 saturated heterocycles. The summed E-state index contributed by atoms with van der Waals surface area (Å²) in [6, 6.07) is 4.21. The van der Waals surface area contributed by atoms with Crippen LogP contribution in [-0.4, -0.2) is 35.0 Å². The minimum Gasteiger partial charge on any atom is -0.398 e. The third-order valence-electron chi connectivity index (χ3n) is 5.84. The number of nitrogens with two attached hydrogens (primary N) is 1. The number of benzene rings is 1. The number of nitrogen functional groups attached to an aromatic ring is 1. The fourth-order valence-corrected chi connectivity index (χ4v) is 5.64. The number of hydrogen-bond acceptors (Lipinski definition) is 4. The number of likely N-dealkylation sites (tertiary alicyclic amines) is 1. The molecular weight excluding hydrogens is 494 g/mol. The van der Waals surface area contributed by atoms with E-state index in [-0.39, 0.29) is 11.3 Å². The number of carbonyl (C=O) groups is 1. The Labute approximate surface area is 203 Å². The number of anilines is 1. The standard InChI is InChI=1S/C22H25BrClN3OS.C2H6/c1-2-29-22(28)27-7-5-13(6-8-27)20-17-11-19(25)18(24)10-14(17)3-4-15-9-16(23)12-26-21(15)20;1-2/h9-12,21,26H,2-8,25H2,1H3;1-2H3. The Balaban J connectivity index is 0.00000132. The van der Waals surface area contributed by atoms with Gasteiger partial charge in [-0.25, -0.2) is 0 Å². The first-order chi connectivity index (χ1) is 15.0. The predicted molar refractivity (Wildman–Crippen MR) is 139 cm³/mol. The minimum atomic E-state index is 0.139. The van der Waals surface area contributed by atoms with Gasteiger partial charge in [-0.05, 0) is 87.8 Å². The first-order valence-corrected chi connectivity index (χ1v) is 13.2. The molecular formula is C24H31BrClN3OS. The van der Waals surface area contributed by atoms with Crippen molar-refractivity contribution in [2.75, 3.05) is 24.6 Å². The number of carbonyl (C=O) groups excluding carboxylic acids is 1. The van der Waals surface area contributed by atoms with Gasteiger partial charge in [-0.3, -0.25) is 4.79 Å². The molecule has 1 aromatic carbocycles. The van der Waals surface area contributed by atoms with Crippen molar-refractivity contribution in [1.29, 1.82) is 0 Å². The number of allylic oxidation sites excluding steroid dienone is 2. The third-order valence-corrected chi connectivity index (χ3v) is 7.42. The van der Waals surface area contributed by atoms with Crippen molar-refractivity contribution in [3.05, 3.63) is 56.2 Å². The topological polar surface area (TPSA) is 58.4 Å². The van der Waals surface area contributed by atoms with Crippen molar-refractivity contribution >= 4 is 55.8 Å². The highest BCUT2D eigenvalue weighted by molar-refractivity contribution is 9.11. The average Bonchev–Trinajstić information content (AvgIpc) is 2.92. The monoisotopic (exact) mass is 523 g/mol. The van der Waals surface area contributed by atoms with Gasteiger partial charge in [-0.1, -0.05) is 49.7 Å². The highest BCUT2D eigenvalue weighted by Gasteiger charge is 2.31. The van der Waals surface area contributed by atoms with Gasteiger partial charge in [0.05, 0.1) is 16.8 Å². The van der Waals surface area contributed by atoms with Crippen molar-refractivity contribution in [2.24, 2.45) is 0 Å². The molecule has 0 bridgehead atoms. The van der Waals surface area contributed by atoms with Crippen LogP contribution in [0, 0.1) is 0 Å². The largest absolute Gasteiger partial charge is 0.398 e. The van der Waals surface area contributed by atoms with Crippen LogP contribution in [0.2, 0.25) is 5.02 Å². The van der Waals surface area contributed by atoms with Gasteiger partial charge in [0.1, 0.15) is 0 Å². The smallest absolute Gasteiger partial charge is 0.281 e. The van der Waals surface area contributed by atoms with Crippen LogP contribution in [0.4, 0.5) is 10.5 Å². The van der Waals surface area contributed by atoms with Gasteiger partial charge < -0.3 is 16.0 Å². The zero-order valence-corrected chi connectivity index (χ0v) is 21.6. The Morgan fingerprint density at radius 1 is 1.26 bits per heavy atom. The number of rotatable bonds is 1. The molecule has 1 amide bonds. The molecule has 0 aromatic heterocycles. The molecule has 1 unspecified atom stereocenters. The lowest BCUT2D eigenvalue weighted by Gasteiger charge is -2.33. The van der Waals surface area contributed by atoms with Gasteiger partial charge in [0.15, 0.2) is 0 Å². The fraction of sp³-hybridized carbons (Fsp3) is 0.458. The Hall–Kier alpha value is -1.37. The van der Waals surface area contributed by atoms with Crippen LogP contribution in [0.25, 0.3) is 5.57 Å². The molecule has 1 fully saturated rings. The molecule has 2 aliphatic heterocycles. The van der Waals surface area contributed by atoms with E-state index in [0.717, 1.165) is 49.0 Å². The second kappa shape index (κ2) is 11.0. The molecule has 1 aromatic rings. The molecule has 4 rings (SSSR count). The lowest BCUT2D eigenvalue weighted by molar-refractivity contribution is 0.219. The molecule has 168 valence electrons. The summed E-state index contributed by atoms with van der Waals surface area (Å²) < 4.78 is 1.06. The Bertz CT molecular complexity index is 931. The molecule has 1 aliphatic carbocycles. The lowest BCUT2D eigenvalue weighted by atomic mass is 9.85. The maximum Gasteiger partial charge on any atom is 0.281 e. The Morgan fingerprint density at radius 2 is 1.97 bits per heavy atom. The van der Waals surface area contributed by atoms with Gasteiger partial charge in [0.2, 0.25) is 0 Å². The summed E-state index contributed by atoms with van der Waals surface area (Å²) in [5.74, 6) is 0.818. The van der Waals surface area contributed by atoms with Crippen LogP contribution in [0.3, 0.4) is 0 Å². The summed E-state index contributed by atoms with van der Waals surface area (Å²) in [5.41, 5.74) is 13.4. The van der Waals surface area contributed by atoms with Gasteiger partial charge >= 0.3 is 0 Å². The van der Waals surface area contributed by atoms with Gasteiger partial charge in [-0.2, -0.15) is 0 Å². The summed E-state index contributed by atoms with van der Waals surface area (Å²) in [6.45, 7) is 7.56. The first kappa shape index (κ1) is 24.3. The zero-order chi connectivity index (χ0) is 22.5. The van der Waals surface area contributed by atoms with Crippen molar-refractivity contribution in [1.82, 2.24) is 10.2 Å². The number of amides is 1. The normalized spacial score (nSPS) is 20.3. The summed E-state index contributed by atoms with van der Waals surface area (Å²) >= 11 is 11.4. The number of piperidine rings is 1. The lowest BCUT2D eigenvalue weighted by Crippen LogP contribution is -2.36. The van der Waals surface area contributed by atoms with E-state index >= 15 is 0 Å². The molecule has 31 heavy (non-hydrogen) atoms. The van der Waals surface area contributed by atoms with Crippen LogP contribution in [0.15, 0.2) is 40.0 Å². The second-order valence-corrected chi connectivity index (χ2v) is 10.1. The number of nitrogens with zero attached hydrogens (tertiary/aromatic N) is 1. The summed E-state index contributed by atoms with van der Waals surface area (Å²) in [6.07, 6.45) is 7.95. The molecule has 7 heteroatoms. The maximum atomic E-state index is 12.3. The number of fused-ring (bicyclic) bond motifs is 2. The third kappa shape index (κ3) is 5.35. The molecule has 4 nitrogen and oxygen atoms in total. The fourth-order valence-electron chi connectivity index (χ4n) is 4.42. The number of halogens is 2. The van der Waals surface area contributed by atoms with E-state index in [4.69, 9.17) is 17.3 Å². The molecule has 3 N–H and O–H groups in total.